The number of fused-ring (bicyclic) bond motifs is 1. The highest BCUT2D eigenvalue weighted by atomic mass is 16.3. The summed E-state index contributed by atoms with van der Waals surface area (Å²) < 4.78 is 0. The average molecular weight is 154 g/mol. The van der Waals surface area contributed by atoms with Gasteiger partial charge in [-0.3, -0.25) is 0 Å². The fourth-order valence-electron chi connectivity index (χ4n) is 2.90. The van der Waals surface area contributed by atoms with Crippen molar-refractivity contribution >= 4 is 0 Å². The molecule has 2 aliphatic rings. The Hall–Kier alpha value is -0.0400. The van der Waals surface area contributed by atoms with Crippen LogP contribution in [0.15, 0.2) is 0 Å². The molecule has 0 heterocycles. The number of hydrogen-bond donors (Lipinski definition) is 1. The lowest BCUT2D eigenvalue weighted by Gasteiger charge is -2.38. The first-order valence-electron chi connectivity index (χ1n) is 5.06. The van der Waals surface area contributed by atoms with E-state index in [1.54, 1.807) is 0 Å². The molecule has 0 aromatic rings. The predicted molar refractivity (Wildman–Crippen MR) is 45.3 cm³/mol. The van der Waals surface area contributed by atoms with E-state index in [-0.39, 0.29) is 6.10 Å². The summed E-state index contributed by atoms with van der Waals surface area (Å²) in [5.74, 6) is 1.56. The molecule has 0 radical (unpaired) electrons. The molecule has 3 unspecified atom stereocenters. The monoisotopic (exact) mass is 154 g/mol. The van der Waals surface area contributed by atoms with Crippen LogP contribution in [0, 0.1) is 11.8 Å². The fraction of sp³-hybridized carbons (Fsp3) is 1.00. The van der Waals surface area contributed by atoms with Crippen molar-refractivity contribution in [2.24, 2.45) is 11.8 Å². The van der Waals surface area contributed by atoms with Gasteiger partial charge in [-0.15, -0.1) is 0 Å². The zero-order chi connectivity index (χ0) is 7.68. The number of aliphatic hydroxyl groups excluding tert-OH is 1. The molecule has 2 rings (SSSR count). The Morgan fingerprint density at radius 1 is 0.818 bits per heavy atom. The second-order valence-electron chi connectivity index (χ2n) is 4.21. The molecule has 2 fully saturated rings. The second-order valence-corrected chi connectivity index (χ2v) is 4.21. The Bertz CT molecular complexity index is 131. The first-order chi connectivity index (χ1) is 5.38. The van der Waals surface area contributed by atoms with Crippen molar-refractivity contribution in [2.45, 2.75) is 51.0 Å². The second kappa shape index (κ2) is 3.14. The van der Waals surface area contributed by atoms with E-state index in [1.165, 1.54) is 38.5 Å². The molecule has 3 atom stereocenters. The molecule has 0 aromatic carbocycles. The Labute approximate surface area is 68.8 Å². The number of rotatable bonds is 0. The van der Waals surface area contributed by atoms with Gasteiger partial charge in [0, 0.05) is 0 Å². The van der Waals surface area contributed by atoms with Crippen molar-refractivity contribution in [3.05, 3.63) is 0 Å². The summed E-state index contributed by atoms with van der Waals surface area (Å²) in [5.41, 5.74) is 0. The van der Waals surface area contributed by atoms with Crippen molar-refractivity contribution in [1.82, 2.24) is 0 Å². The van der Waals surface area contributed by atoms with Crippen molar-refractivity contribution in [2.75, 3.05) is 0 Å². The molecule has 1 nitrogen and oxygen atoms in total. The van der Waals surface area contributed by atoms with E-state index in [0.29, 0.717) is 5.92 Å². The Kier molecular flexibility index (Phi) is 2.17. The molecular formula is C10H18O. The summed E-state index contributed by atoms with van der Waals surface area (Å²) in [5, 5.41) is 9.70. The van der Waals surface area contributed by atoms with E-state index in [4.69, 9.17) is 0 Å². The molecule has 1 N–H and O–H groups in total. The van der Waals surface area contributed by atoms with E-state index in [2.05, 4.69) is 0 Å². The fourth-order valence-corrected chi connectivity index (χ4v) is 2.90. The van der Waals surface area contributed by atoms with Gasteiger partial charge in [-0.1, -0.05) is 25.7 Å². The van der Waals surface area contributed by atoms with Gasteiger partial charge in [0.15, 0.2) is 0 Å². The quantitative estimate of drug-likeness (QED) is 0.568. The molecule has 11 heavy (non-hydrogen) atoms. The maximum Gasteiger partial charge on any atom is 0.0571 e. The van der Waals surface area contributed by atoms with Crippen molar-refractivity contribution in [3.63, 3.8) is 0 Å². The molecule has 0 aliphatic heterocycles. The van der Waals surface area contributed by atoms with Gasteiger partial charge in [-0.2, -0.15) is 0 Å². The minimum Gasteiger partial charge on any atom is -0.393 e. The molecule has 0 aromatic heterocycles. The van der Waals surface area contributed by atoms with Gasteiger partial charge in [-0.25, -0.2) is 0 Å². The molecule has 0 saturated heterocycles. The first-order valence-corrected chi connectivity index (χ1v) is 5.06. The highest BCUT2D eigenvalue weighted by molar-refractivity contribution is 4.84. The third-order valence-electron chi connectivity index (χ3n) is 3.54. The van der Waals surface area contributed by atoms with Crippen LogP contribution < -0.4 is 0 Å². The van der Waals surface area contributed by atoms with Crippen molar-refractivity contribution in [3.8, 4) is 0 Å². The van der Waals surface area contributed by atoms with E-state index in [0.717, 1.165) is 12.3 Å². The minimum absolute atomic E-state index is 0.0500. The van der Waals surface area contributed by atoms with Gasteiger partial charge in [0.25, 0.3) is 0 Å². The van der Waals surface area contributed by atoms with Gasteiger partial charge in [0.1, 0.15) is 0 Å². The zero-order valence-corrected chi connectivity index (χ0v) is 7.13. The van der Waals surface area contributed by atoms with Crippen molar-refractivity contribution < 1.29 is 5.11 Å². The number of hydrogen-bond acceptors (Lipinski definition) is 1. The van der Waals surface area contributed by atoms with Crippen LogP contribution in [-0.4, -0.2) is 11.2 Å². The summed E-state index contributed by atoms with van der Waals surface area (Å²) in [4.78, 5) is 0. The lowest BCUT2D eigenvalue weighted by molar-refractivity contribution is 0.0105. The van der Waals surface area contributed by atoms with Crippen LogP contribution >= 0.6 is 0 Å². The Morgan fingerprint density at radius 2 is 1.55 bits per heavy atom. The minimum atomic E-state index is 0.0500. The van der Waals surface area contributed by atoms with Crippen molar-refractivity contribution in [1.29, 1.82) is 0 Å². The predicted octanol–water partition coefficient (Wildman–Crippen LogP) is 2.34. The molecule has 2 aliphatic carbocycles. The van der Waals surface area contributed by atoms with Crippen LogP contribution in [0.25, 0.3) is 0 Å². The van der Waals surface area contributed by atoms with Crippen LogP contribution in [0.1, 0.15) is 44.9 Å². The van der Waals surface area contributed by atoms with E-state index < -0.39 is 0 Å². The lowest BCUT2D eigenvalue weighted by Crippen LogP contribution is -2.34. The molecule has 1 heteroatoms. The van der Waals surface area contributed by atoms with Crippen LogP contribution in [0.2, 0.25) is 0 Å². The van der Waals surface area contributed by atoms with Crippen LogP contribution in [0.4, 0.5) is 0 Å². The molecule has 64 valence electrons. The molecule has 0 spiro atoms. The van der Waals surface area contributed by atoms with E-state index in [9.17, 15) is 5.11 Å². The number of aliphatic hydroxyl groups is 1. The molecular weight excluding hydrogens is 136 g/mol. The van der Waals surface area contributed by atoms with E-state index in [1.807, 2.05) is 0 Å². The zero-order valence-electron chi connectivity index (χ0n) is 7.13. The molecule has 0 amide bonds. The molecule has 0 bridgehead atoms. The van der Waals surface area contributed by atoms with E-state index >= 15 is 0 Å². The molecule has 2 saturated carbocycles. The summed E-state index contributed by atoms with van der Waals surface area (Å²) in [7, 11) is 0. The highest BCUT2D eigenvalue weighted by Crippen LogP contribution is 2.40. The average Bonchev–Trinajstić information content (AvgIpc) is 2.06. The summed E-state index contributed by atoms with van der Waals surface area (Å²) in [6.45, 7) is 0. The van der Waals surface area contributed by atoms with Crippen LogP contribution in [0.3, 0.4) is 0 Å². The van der Waals surface area contributed by atoms with Gasteiger partial charge < -0.3 is 5.11 Å². The smallest absolute Gasteiger partial charge is 0.0571 e. The van der Waals surface area contributed by atoms with Gasteiger partial charge in [-0.05, 0) is 31.1 Å². The summed E-state index contributed by atoms with van der Waals surface area (Å²) in [6.07, 6.45) is 9.24. The normalized spacial score (nSPS) is 45.0. The van der Waals surface area contributed by atoms with Crippen LogP contribution in [0.5, 0.6) is 0 Å². The maximum atomic E-state index is 9.70. The van der Waals surface area contributed by atoms with Gasteiger partial charge in [0.05, 0.1) is 6.10 Å². The van der Waals surface area contributed by atoms with Gasteiger partial charge in [0.2, 0.25) is 0 Å². The standard InChI is InChI=1S/C10H18O/c11-10-7-3-5-8-4-1-2-6-9(8)10/h8-11H,1-7H2. The van der Waals surface area contributed by atoms with Gasteiger partial charge >= 0.3 is 0 Å². The third-order valence-corrected chi connectivity index (χ3v) is 3.54. The summed E-state index contributed by atoms with van der Waals surface area (Å²) in [6, 6.07) is 0. The summed E-state index contributed by atoms with van der Waals surface area (Å²) >= 11 is 0. The Balaban J connectivity index is 1.99. The first kappa shape index (κ1) is 7.60. The SMILES string of the molecule is OC1CCCC2CCCCC12. The maximum absolute atomic E-state index is 9.70. The topological polar surface area (TPSA) is 20.2 Å². The highest BCUT2D eigenvalue weighted by Gasteiger charge is 2.33. The van der Waals surface area contributed by atoms with Crippen LogP contribution in [-0.2, 0) is 0 Å². The largest absolute Gasteiger partial charge is 0.393 e. The lowest BCUT2D eigenvalue weighted by atomic mass is 9.69. The Morgan fingerprint density at radius 3 is 2.36 bits per heavy atom. The third kappa shape index (κ3) is 1.44.